The number of carbonyl (C=O) groups excluding carboxylic acids is 1. The molecule has 1 amide bonds. The number of nitrogens with one attached hydrogen (secondary N) is 4. The summed E-state index contributed by atoms with van der Waals surface area (Å²) >= 11 is 0. The first kappa shape index (κ1) is 18.1. The first-order valence-electron chi connectivity index (χ1n) is 8.86. The van der Waals surface area contributed by atoms with Crippen LogP contribution in [0.2, 0.25) is 0 Å². The van der Waals surface area contributed by atoms with Gasteiger partial charge in [0.15, 0.2) is 5.65 Å². The maximum absolute atomic E-state index is 13.5. The third kappa shape index (κ3) is 3.20. The average Bonchev–Trinajstić information content (AvgIpc) is 3.09. The zero-order valence-electron chi connectivity index (χ0n) is 15.1. The number of benzene rings is 1. The molecule has 28 heavy (non-hydrogen) atoms. The molecule has 3 aromatic rings. The van der Waals surface area contributed by atoms with Gasteiger partial charge in [-0.3, -0.25) is 10.2 Å². The topological polar surface area (TPSA) is 127 Å². The fourth-order valence-electron chi connectivity index (χ4n) is 3.23. The second kappa shape index (κ2) is 7.01. The summed E-state index contributed by atoms with van der Waals surface area (Å²) < 4.78 is 13.5. The smallest absolute Gasteiger partial charge is 0.255 e. The van der Waals surface area contributed by atoms with Gasteiger partial charge in [-0.1, -0.05) is 0 Å². The Hall–Kier alpha value is -3.33. The highest BCUT2D eigenvalue weighted by Gasteiger charge is 2.29. The molecular weight excluding hydrogens is 363 g/mol. The maximum Gasteiger partial charge on any atom is 0.255 e. The second-order valence-corrected chi connectivity index (χ2v) is 6.77. The number of amides is 1. The lowest BCUT2D eigenvalue weighted by molar-refractivity contribution is 0.0563. The van der Waals surface area contributed by atoms with Gasteiger partial charge >= 0.3 is 0 Å². The number of aromatic nitrogens is 3. The number of halogens is 1. The van der Waals surface area contributed by atoms with Gasteiger partial charge in [-0.05, 0) is 31.0 Å². The molecule has 0 aliphatic heterocycles. The minimum absolute atomic E-state index is 0.0562. The Balaban J connectivity index is 1.66. The van der Waals surface area contributed by atoms with Crippen LogP contribution in [0, 0.1) is 11.2 Å². The van der Waals surface area contributed by atoms with Crippen LogP contribution in [0.5, 0.6) is 0 Å². The molecule has 144 valence electrons. The summed E-state index contributed by atoms with van der Waals surface area (Å²) in [6.45, 7) is 0. The zero-order valence-corrected chi connectivity index (χ0v) is 15.1. The molecule has 0 atom stereocenters. The van der Waals surface area contributed by atoms with Crippen molar-refractivity contribution in [3.8, 4) is 0 Å². The van der Waals surface area contributed by atoms with Gasteiger partial charge in [0.1, 0.15) is 17.0 Å². The number of hydrogen-bond donors (Lipinski definition) is 5. The van der Waals surface area contributed by atoms with Crippen molar-refractivity contribution in [1.82, 2.24) is 20.3 Å². The number of H-pyrrole nitrogens is 1. The van der Waals surface area contributed by atoms with Crippen LogP contribution < -0.4 is 10.6 Å². The minimum atomic E-state index is -0.409. The summed E-state index contributed by atoms with van der Waals surface area (Å²) in [6.07, 6.45) is 3.67. The number of nitrogens with zero attached hydrogens (tertiary/aromatic N) is 2. The molecule has 0 spiro atoms. The highest BCUT2D eigenvalue weighted by molar-refractivity contribution is 6.14. The number of carbonyl (C=O) groups is 1. The molecule has 1 fully saturated rings. The summed E-state index contributed by atoms with van der Waals surface area (Å²) in [5.74, 6) is -0.716. The lowest BCUT2D eigenvalue weighted by Gasteiger charge is -2.31. The van der Waals surface area contributed by atoms with Crippen LogP contribution in [0.4, 0.5) is 10.1 Å². The molecule has 1 aliphatic rings. The highest BCUT2D eigenvalue weighted by atomic mass is 19.1. The van der Waals surface area contributed by atoms with Crippen molar-refractivity contribution in [3.63, 3.8) is 0 Å². The van der Waals surface area contributed by atoms with Gasteiger partial charge in [-0.15, -0.1) is 0 Å². The fraction of sp³-hybridized carbons (Fsp3) is 0.263. The molecular formula is C19H19FN6O2. The van der Waals surface area contributed by atoms with Crippen LogP contribution in [0.3, 0.4) is 0 Å². The SMILES string of the molecule is CNc1cc(F)ccc1C(=N)c1cnc2[nH]cc(C(=O)NC3CC(O)C3)c2n1. The van der Waals surface area contributed by atoms with Gasteiger partial charge < -0.3 is 20.7 Å². The Morgan fingerprint density at radius 3 is 2.86 bits per heavy atom. The summed E-state index contributed by atoms with van der Waals surface area (Å²) in [5.41, 5.74) is 2.38. The third-order valence-corrected chi connectivity index (χ3v) is 4.85. The van der Waals surface area contributed by atoms with Gasteiger partial charge in [-0.2, -0.15) is 0 Å². The normalized spacial score (nSPS) is 18.5. The van der Waals surface area contributed by atoms with Gasteiger partial charge in [0.2, 0.25) is 0 Å². The van der Waals surface area contributed by atoms with E-state index in [1.54, 1.807) is 7.05 Å². The van der Waals surface area contributed by atoms with E-state index in [2.05, 4.69) is 25.6 Å². The largest absolute Gasteiger partial charge is 0.393 e. The van der Waals surface area contributed by atoms with Gasteiger partial charge in [0.25, 0.3) is 5.91 Å². The Kier molecular flexibility index (Phi) is 4.52. The van der Waals surface area contributed by atoms with E-state index in [0.29, 0.717) is 40.8 Å². The van der Waals surface area contributed by atoms with Crippen LogP contribution >= 0.6 is 0 Å². The zero-order chi connectivity index (χ0) is 19.8. The van der Waals surface area contributed by atoms with E-state index in [9.17, 15) is 14.3 Å². The number of aliphatic hydroxyl groups is 1. The molecule has 0 radical (unpaired) electrons. The van der Waals surface area contributed by atoms with E-state index in [1.807, 2.05) is 0 Å². The van der Waals surface area contributed by atoms with Crippen LogP contribution in [-0.4, -0.2) is 50.9 Å². The van der Waals surface area contributed by atoms with Crippen molar-refractivity contribution in [2.24, 2.45) is 0 Å². The van der Waals surface area contributed by atoms with E-state index >= 15 is 0 Å². The molecule has 2 aromatic heterocycles. The Morgan fingerprint density at radius 1 is 1.36 bits per heavy atom. The molecule has 5 N–H and O–H groups in total. The summed E-state index contributed by atoms with van der Waals surface area (Å²) in [5, 5.41) is 23.6. The third-order valence-electron chi connectivity index (χ3n) is 4.85. The van der Waals surface area contributed by atoms with Crippen molar-refractivity contribution in [2.75, 3.05) is 12.4 Å². The summed E-state index contributed by atoms with van der Waals surface area (Å²) in [7, 11) is 1.65. The second-order valence-electron chi connectivity index (χ2n) is 6.77. The monoisotopic (exact) mass is 382 g/mol. The molecule has 1 aliphatic carbocycles. The molecule has 1 aromatic carbocycles. The van der Waals surface area contributed by atoms with Crippen molar-refractivity contribution in [3.05, 3.63) is 53.2 Å². The van der Waals surface area contributed by atoms with E-state index in [0.717, 1.165) is 0 Å². The van der Waals surface area contributed by atoms with Gasteiger partial charge in [0.05, 0.1) is 23.6 Å². The molecule has 0 unspecified atom stereocenters. The molecule has 8 nitrogen and oxygen atoms in total. The Morgan fingerprint density at radius 2 is 2.14 bits per heavy atom. The van der Waals surface area contributed by atoms with Crippen molar-refractivity contribution in [2.45, 2.75) is 25.0 Å². The predicted molar refractivity (Wildman–Crippen MR) is 102 cm³/mol. The standard InChI is InChI=1S/C19H19FN6O2/c1-22-14-4-9(20)2-3-12(14)16(21)15-8-24-18-17(26-15)13(7-23-18)19(28)25-10-5-11(27)6-10/h2-4,7-8,10-11,21-22,27H,5-6H2,1H3,(H,23,24)(H,25,28). The average molecular weight is 382 g/mol. The number of aromatic amines is 1. The molecule has 0 bridgehead atoms. The number of anilines is 1. The first-order chi connectivity index (χ1) is 13.5. The van der Waals surface area contributed by atoms with Gasteiger partial charge in [0, 0.05) is 30.5 Å². The molecule has 1 saturated carbocycles. The minimum Gasteiger partial charge on any atom is -0.393 e. The molecule has 2 heterocycles. The predicted octanol–water partition coefficient (Wildman–Crippen LogP) is 1.81. The van der Waals surface area contributed by atoms with E-state index < -0.39 is 5.82 Å². The van der Waals surface area contributed by atoms with Crippen molar-refractivity contribution in [1.29, 1.82) is 5.41 Å². The summed E-state index contributed by atoms with van der Waals surface area (Å²) in [4.78, 5) is 24.1. The number of aliphatic hydroxyl groups excluding tert-OH is 1. The number of rotatable bonds is 5. The van der Waals surface area contributed by atoms with Gasteiger partial charge in [-0.25, -0.2) is 14.4 Å². The van der Waals surface area contributed by atoms with Crippen LogP contribution in [0.15, 0.2) is 30.6 Å². The van der Waals surface area contributed by atoms with Crippen LogP contribution in [0.25, 0.3) is 11.2 Å². The number of fused-ring (bicyclic) bond motifs is 1. The first-order valence-corrected chi connectivity index (χ1v) is 8.86. The number of hydrogen-bond acceptors (Lipinski definition) is 6. The fourth-order valence-corrected chi connectivity index (χ4v) is 3.23. The van der Waals surface area contributed by atoms with Crippen molar-refractivity contribution >= 4 is 28.5 Å². The Bertz CT molecular complexity index is 1070. The maximum atomic E-state index is 13.5. The highest BCUT2D eigenvalue weighted by Crippen LogP contribution is 2.23. The lowest BCUT2D eigenvalue weighted by atomic mass is 9.89. The van der Waals surface area contributed by atoms with E-state index in [4.69, 9.17) is 5.41 Å². The lowest BCUT2D eigenvalue weighted by Crippen LogP contribution is -2.46. The molecule has 4 rings (SSSR count). The quantitative estimate of drug-likeness (QED) is 0.430. The van der Waals surface area contributed by atoms with Crippen molar-refractivity contribution < 1.29 is 14.3 Å². The van der Waals surface area contributed by atoms with Crippen LogP contribution in [0.1, 0.15) is 34.5 Å². The van der Waals surface area contributed by atoms with E-state index in [-0.39, 0.29) is 29.5 Å². The van der Waals surface area contributed by atoms with Crippen LogP contribution in [-0.2, 0) is 0 Å². The Labute approximate surface area is 159 Å². The van der Waals surface area contributed by atoms with E-state index in [1.165, 1.54) is 30.6 Å². The summed E-state index contributed by atoms with van der Waals surface area (Å²) in [6, 6.07) is 4.03. The molecule has 0 saturated heterocycles. The molecule has 9 heteroatoms.